The Bertz CT molecular complexity index is 425. The first-order valence-corrected chi connectivity index (χ1v) is 6.00. The topological polar surface area (TPSA) is 100 Å². The normalized spacial score (nSPS) is 11.9. The Morgan fingerprint density at radius 3 is 2.60 bits per heavy atom. The van der Waals surface area contributed by atoms with Gasteiger partial charge in [-0.3, -0.25) is 0 Å². The van der Waals surface area contributed by atoms with E-state index in [2.05, 4.69) is 10.2 Å². The number of primary sulfonamides is 1. The predicted molar refractivity (Wildman–Crippen MR) is 52.6 cm³/mol. The molecule has 0 bridgehead atoms. The highest BCUT2D eigenvalue weighted by Crippen LogP contribution is 2.04. The summed E-state index contributed by atoms with van der Waals surface area (Å²) in [7, 11) is -2.24. The lowest BCUT2D eigenvalue weighted by atomic mass is 10.4. The van der Waals surface area contributed by atoms with E-state index < -0.39 is 10.0 Å². The number of hydrogen-bond acceptors (Lipinski definition) is 5. The molecule has 0 unspecified atom stereocenters. The average molecular weight is 234 g/mol. The summed E-state index contributed by atoms with van der Waals surface area (Å²) in [6.45, 7) is 2.97. The molecule has 0 spiro atoms. The molecule has 0 aliphatic rings. The molecular formula is C7H14N4O3S. The first kappa shape index (κ1) is 12.1. The summed E-state index contributed by atoms with van der Waals surface area (Å²) < 4.78 is 28.5. The zero-order valence-corrected chi connectivity index (χ0v) is 9.49. The van der Waals surface area contributed by atoms with Crippen LogP contribution in [0.4, 0.5) is 0 Å². The van der Waals surface area contributed by atoms with Crippen molar-refractivity contribution in [3.63, 3.8) is 0 Å². The molecule has 15 heavy (non-hydrogen) atoms. The largest absolute Gasteiger partial charge is 0.381 e. The third-order valence-electron chi connectivity index (χ3n) is 1.85. The summed E-state index contributed by atoms with van der Waals surface area (Å²) in [6, 6.07) is 0. The molecular weight excluding hydrogens is 220 g/mol. The molecule has 0 saturated heterocycles. The smallest absolute Gasteiger partial charge is 0.273 e. The molecule has 1 rings (SSSR count). The zero-order chi connectivity index (χ0) is 11.5. The van der Waals surface area contributed by atoms with Crippen LogP contribution in [-0.4, -0.2) is 36.4 Å². The number of ether oxygens (including phenoxy) is 1. The Balaban J connectivity index is 2.81. The number of sulfonamides is 1. The Labute approximate surface area is 88.3 Å². The van der Waals surface area contributed by atoms with Gasteiger partial charge in [0.2, 0.25) is 0 Å². The molecule has 8 heteroatoms. The molecule has 0 aliphatic heterocycles. The van der Waals surface area contributed by atoms with Crippen LogP contribution in [-0.2, 0) is 28.2 Å². The molecule has 0 saturated carbocycles. The lowest BCUT2D eigenvalue weighted by Crippen LogP contribution is -2.18. The fraction of sp³-hybridized carbons (Fsp3) is 0.714. The van der Waals surface area contributed by atoms with Crippen molar-refractivity contribution in [3.05, 3.63) is 5.82 Å². The van der Waals surface area contributed by atoms with Crippen LogP contribution in [0.2, 0.25) is 0 Å². The van der Waals surface area contributed by atoms with Crippen molar-refractivity contribution in [1.29, 1.82) is 0 Å². The molecule has 0 amide bonds. The Morgan fingerprint density at radius 1 is 1.47 bits per heavy atom. The lowest BCUT2D eigenvalue weighted by molar-refractivity contribution is 0.149. The van der Waals surface area contributed by atoms with Gasteiger partial charge in [-0.2, -0.15) is 0 Å². The molecule has 1 aromatic rings. The third-order valence-corrected chi connectivity index (χ3v) is 2.72. The van der Waals surface area contributed by atoms with Gasteiger partial charge in [0.15, 0.2) is 0 Å². The van der Waals surface area contributed by atoms with Crippen molar-refractivity contribution in [2.75, 3.05) is 13.2 Å². The van der Waals surface area contributed by atoms with E-state index in [1.165, 1.54) is 4.57 Å². The maximum atomic E-state index is 11.0. The van der Waals surface area contributed by atoms with Crippen molar-refractivity contribution in [1.82, 2.24) is 14.8 Å². The molecule has 0 atom stereocenters. The van der Waals surface area contributed by atoms with Crippen molar-refractivity contribution in [3.8, 4) is 0 Å². The van der Waals surface area contributed by atoms with Crippen molar-refractivity contribution in [2.45, 2.75) is 18.5 Å². The number of nitrogens with zero attached hydrogens (tertiary/aromatic N) is 3. The van der Waals surface area contributed by atoms with Crippen LogP contribution in [0.1, 0.15) is 12.7 Å². The van der Waals surface area contributed by atoms with E-state index in [1.54, 1.807) is 7.05 Å². The number of aromatic nitrogens is 3. The van der Waals surface area contributed by atoms with E-state index in [9.17, 15) is 8.42 Å². The summed E-state index contributed by atoms with van der Waals surface area (Å²) >= 11 is 0. The molecule has 86 valence electrons. The van der Waals surface area contributed by atoms with Gasteiger partial charge in [0.1, 0.15) is 5.82 Å². The van der Waals surface area contributed by atoms with Gasteiger partial charge in [0, 0.05) is 20.1 Å². The molecule has 1 heterocycles. The van der Waals surface area contributed by atoms with Crippen LogP contribution >= 0.6 is 0 Å². The van der Waals surface area contributed by atoms with Crippen LogP contribution in [0.25, 0.3) is 0 Å². The van der Waals surface area contributed by atoms with Crippen molar-refractivity contribution < 1.29 is 13.2 Å². The van der Waals surface area contributed by atoms with E-state index in [1.807, 2.05) is 6.92 Å². The second-order valence-electron chi connectivity index (χ2n) is 2.95. The van der Waals surface area contributed by atoms with Crippen LogP contribution in [0.3, 0.4) is 0 Å². The monoisotopic (exact) mass is 234 g/mol. The van der Waals surface area contributed by atoms with Gasteiger partial charge >= 0.3 is 0 Å². The van der Waals surface area contributed by atoms with E-state index in [0.29, 0.717) is 25.5 Å². The second kappa shape index (κ2) is 4.69. The highest BCUT2D eigenvalue weighted by molar-refractivity contribution is 7.89. The molecule has 0 aliphatic carbocycles. The predicted octanol–water partition coefficient (Wildman–Crippen LogP) is -0.958. The van der Waals surface area contributed by atoms with Crippen molar-refractivity contribution >= 4 is 10.0 Å². The minimum Gasteiger partial charge on any atom is -0.381 e. The summed E-state index contributed by atoms with van der Waals surface area (Å²) in [4.78, 5) is 0. The first-order valence-electron chi connectivity index (χ1n) is 4.45. The van der Waals surface area contributed by atoms with Gasteiger partial charge in [-0.25, -0.2) is 13.6 Å². The first-order chi connectivity index (χ1) is 6.96. The quantitative estimate of drug-likeness (QED) is 0.661. The summed E-state index contributed by atoms with van der Waals surface area (Å²) in [5.41, 5.74) is 0. The van der Waals surface area contributed by atoms with E-state index in [4.69, 9.17) is 9.88 Å². The minimum atomic E-state index is -3.79. The molecule has 0 fully saturated rings. The summed E-state index contributed by atoms with van der Waals surface area (Å²) in [5, 5.41) is 12.0. The second-order valence-corrected chi connectivity index (χ2v) is 4.40. The fourth-order valence-electron chi connectivity index (χ4n) is 1.12. The van der Waals surface area contributed by atoms with Crippen LogP contribution in [0.5, 0.6) is 0 Å². The Hall–Kier alpha value is -0.990. The molecule has 7 nitrogen and oxygen atoms in total. The minimum absolute atomic E-state index is 0.228. The summed E-state index contributed by atoms with van der Waals surface area (Å²) in [6.07, 6.45) is 0.507. The standard InChI is InChI=1S/C7H14N4O3S/c1-3-14-5-4-6-9-10-7(11(6)2)15(8,12)13/h3-5H2,1-2H3,(H2,8,12,13). The fourth-order valence-corrected chi connectivity index (χ4v) is 1.76. The third kappa shape index (κ3) is 2.98. The van der Waals surface area contributed by atoms with Gasteiger partial charge in [-0.15, -0.1) is 10.2 Å². The van der Waals surface area contributed by atoms with E-state index in [0.717, 1.165) is 0 Å². The lowest BCUT2D eigenvalue weighted by Gasteiger charge is -2.02. The number of nitrogens with two attached hydrogens (primary N) is 1. The molecule has 0 aromatic carbocycles. The van der Waals surface area contributed by atoms with Crippen LogP contribution in [0.15, 0.2) is 5.16 Å². The van der Waals surface area contributed by atoms with Crippen LogP contribution < -0.4 is 5.14 Å². The SMILES string of the molecule is CCOCCc1nnc(S(N)(=O)=O)n1C. The van der Waals surface area contributed by atoms with Crippen LogP contribution in [0, 0.1) is 0 Å². The van der Waals surface area contributed by atoms with Crippen molar-refractivity contribution in [2.24, 2.45) is 12.2 Å². The zero-order valence-electron chi connectivity index (χ0n) is 8.67. The van der Waals surface area contributed by atoms with Gasteiger partial charge in [-0.1, -0.05) is 0 Å². The highest BCUT2D eigenvalue weighted by atomic mass is 32.2. The van der Waals surface area contributed by atoms with Gasteiger partial charge < -0.3 is 9.30 Å². The highest BCUT2D eigenvalue weighted by Gasteiger charge is 2.17. The number of hydrogen-bond donors (Lipinski definition) is 1. The maximum Gasteiger partial charge on any atom is 0.273 e. The van der Waals surface area contributed by atoms with E-state index in [-0.39, 0.29) is 5.16 Å². The molecule has 0 radical (unpaired) electrons. The molecule has 1 aromatic heterocycles. The van der Waals surface area contributed by atoms with E-state index >= 15 is 0 Å². The Morgan fingerprint density at radius 2 is 2.13 bits per heavy atom. The number of rotatable bonds is 5. The van der Waals surface area contributed by atoms with Gasteiger partial charge in [-0.05, 0) is 6.92 Å². The maximum absolute atomic E-state index is 11.0. The average Bonchev–Trinajstić information content (AvgIpc) is 2.47. The van der Waals surface area contributed by atoms with Gasteiger partial charge in [0.25, 0.3) is 15.2 Å². The summed E-state index contributed by atoms with van der Waals surface area (Å²) in [5.74, 6) is 0.535. The Kier molecular flexibility index (Phi) is 3.77. The molecule has 2 N–H and O–H groups in total. The van der Waals surface area contributed by atoms with Gasteiger partial charge in [0.05, 0.1) is 6.61 Å².